The molecule has 5 nitrogen and oxygen atoms in total. The smallest absolute Gasteiger partial charge is 0.245 e. The van der Waals surface area contributed by atoms with Gasteiger partial charge in [-0.15, -0.1) is 0 Å². The van der Waals surface area contributed by atoms with Crippen LogP contribution in [0, 0.1) is 11.8 Å². The topological polar surface area (TPSA) is 64.6 Å². The summed E-state index contributed by atoms with van der Waals surface area (Å²) in [5.41, 5.74) is 0.703. The van der Waals surface area contributed by atoms with Gasteiger partial charge in [0.15, 0.2) is 0 Å². The summed E-state index contributed by atoms with van der Waals surface area (Å²) >= 11 is 0. The number of ether oxygens (including phenoxy) is 2. The predicted molar refractivity (Wildman–Crippen MR) is 92.7 cm³/mol. The first-order chi connectivity index (χ1) is 11.6. The van der Waals surface area contributed by atoms with E-state index in [9.17, 15) is 8.42 Å². The highest BCUT2D eigenvalue weighted by Gasteiger charge is 2.18. The van der Waals surface area contributed by atoms with Crippen LogP contribution in [0.2, 0.25) is 0 Å². The van der Waals surface area contributed by atoms with Gasteiger partial charge in [-0.1, -0.05) is 36.1 Å². The Labute approximate surface area is 142 Å². The summed E-state index contributed by atoms with van der Waals surface area (Å²) in [7, 11) is -2.13. The van der Waals surface area contributed by atoms with E-state index in [0.29, 0.717) is 23.7 Å². The molecule has 0 aliphatic heterocycles. The molecule has 2 aromatic carbocycles. The highest BCUT2D eigenvalue weighted by atomic mass is 32.2. The van der Waals surface area contributed by atoms with Crippen molar-refractivity contribution in [1.82, 2.24) is 4.72 Å². The zero-order chi connectivity index (χ0) is 17.4. The molecule has 0 aliphatic carbocycles. The average molecular weight is 345 g/mol. The molecule has 1 N–H and O–H groups in total. The van der Waals surface area contributed by atoms with Gasteiger partial charge in [-0.3, -0.25) is 0 Å². The van der Waals surface area contributed by atoms with Gasteiger partial charge in [-0.05, 0) is 31.2 Å². The minimum Gasteiger partial charge on any atom is -0.495 e. The third kappa shape index (κ3) is 4.51. The zero-order valence-corrected chi connectivity index (χ0v) is 14.4. The van der Waals surface area contributed by atoms with E-state index in [1.54, 1.807) is 38.3 Å². The number of hydrogen-bond acceptors (Lipinski definition) is 4. The summed E-state index contributed by atoms with van der Waals surface area (Å²) in [6, 6.07) is 13.8. The fraction of sp³-hybridized carbons (Fsp3) is 0.222. The van der Waals surface area contributed by atoms with Crippen LogP contribution in [0.5, 0.6) is 11.5 Å². The van der Waals surface area contributed by atoms with Gasteiger partial charge >= 0.3 is 0 Å². The molecule has 126 valence electrons. The van der Waals surface area contributed by atoms with Gasteiger partial charge in [0, 0.05) is 0 Å². The maximum atomic E-state index is 12.4. The standard InChI is InChI=1S/C18H19NO4S/c1-3-23-17-12-6-7-13-18(17)24(20,21)19-14-8-10-15-9-4-5-11-16(15)22-2/h4-7,9,11-13,19H,3,14H2,1-2H3. The first-order valence-electron chi connectivity index (χ1n) is 7.42. The van der Waals surface area contributed by atoms with Crippen molar-refractivity contribution in [1.29, 1.82) is 0 Å². The van der Waals surface area contributed by atoms with E-state index < -0.39 is 10.0 Å². The molecule has 2 rings (SSSR count). The Morgan fingerprint density at radius 3 is 2.42 bits per heavy atom. The molecule has 2 aromatic rings. The fourth-order valence-corrected chi connectivity index (χ4v) is 3.11. The molecule has 0 radical (unpaired) electrons. The van der Waals surface area contributed by atoms with Crippen LogP contribution in [0.4, 0.5) is 0 Å². The van der Waals surface area contributed by atoms with Crippen molar-refractivity contribution >= 4 is 10.0 Å². The third-order valence-corrected chi connectivity index (χ3v) is 4.56. The van der Waals surface area contributed by atoms with Crippen LogP contribution < -0.4 is 14.2 Å². The number of sulfonamides is 1. The molecule has 0 bridgehead atoms. The first kappa shape index (κ1) is 17.9. The number of hydrogen-bond donors (Lipinski definition) is 1. The normalized spacial score (nSPS) is 10.6. The van der Waals surface area contributed by atoms with Crippen LogP contribution in [0.3, 0.4) is 0 Å². The molecule has 0 heterocycles. The Morgan fingerprint density at radius 2 is 1.71 bits per heavy atom. The first-order valence-corrected chi connectivity index (χ1v) is 8.90. The van der Waals surface area contributed by atoms with E-state index in [1.165, 1.54) is 6.07 Å². The molecule has 6 heteroatoms. The van der Waals surface area contributed by atoms with Crippen molar-refractivity contribution in [3.63, 3.8) is 0 Å². The lowest BCUT2D eigenvalue weighted by Crippen LogP contribution is -2.24. The maximum Gasteiger partial charge on any atom is 0.245 e. The predicted octanol–water partition coefficient (Wildman–Crippen LogP) is 2.42. The largest absolute Gasteiger partial charge is 0.495 e. The van der Waals surface area contributed by atoms with Crippen molar-refractivity contribution < 1.29 is 17.9 Å². The third-order valence-electron chi connectivity index (χ3n) is 3.12. The van der Waals surface area contributed by atoms with Gasteiger partial charge in [0.05, 0.1) is 25.8 Å². The van der Waals surface area contributed by atoms with E-state index in [0.717, 1.165) is 0 Å². The van der Waals surface area contributed by atoms with Crippen LogP contribution in [0.25, 0.3) is 0 Å². The van der Waals surface area contributed by atoms with E-state index in [1.807, 2.05) is 18.2 Å². The molecule has 0 saturated carbocycles. The van der Waals surface area contributed by atoms with Crippen molar-refractivity contribution in [3.8, 4) is 23.3 Å². The molecule has 0 atom stereocenters. The Hall–Kier alpha value is -2.49. The highest BCUT2D eigenvalue weighted by Crippen LogP contribution is 2.22. The average Bonchev–Trinajstić information content (AvgIpc) is 2.60. The van der Waals surface area contributed by atoms with E-state index in [-0.39, 0.29) is 11.4 Å². The van der Waals surface area contributed by atoms with Crippen molar-refractivity contribution in [2.24, 2.45) is 0 Å². The van der Waals surface area contributed by atoms with E-state index in [4.69, 9.17) is 9.47 Å². The second-order valence-corrected chi connectivity index (χ2v) is 6.44. The lowest BCUT2D eigenvalue weighted by Gasteiger charge is -2.10. The summed E-state index contributed by atoms with van der Waals surface area (Å²) < 4.78 is 37.8. The number of para-hydroxylation sites is 2. The Bertz CT molecular complexity index is 851. The quantitative estimate of drug-likeness (QED) is 0.817. The van der Waals surface area contributed by atoms with Crippen LogP contribution >= 0.6 is 0 Å². The monoisotopic (exact) mass is 345 g/mol. The summed E-state index contributed by atoms with van der Waals surface area (Å²) in [6.45, 7) is 2.18. The van der Waals surface area contributed by atoms with Crippen molar-refractivity contribution in [3.05, 3.63) is 54.1 Å². The molecule has 0 unspecified atom stereocenters. The van der Waals surface area contributed by atoms with Gasteiger partial charge in [0.2, 0.25) is 10.0 Å². The maximum absolute atomic E-state index is 12.4. The highest BCUT2D eigenvalue weighted by molar-refractivity contribution is 7.89. The molecular weight excluding hydrogens is 326 g/mol. The number of benzene rings is 2. The van der Waals surface area contributed by atoms with Gasteiger partial charge in [-0.25, -0.2) is 8.42 Å². The second-order valence-electron chi connectivity index (χ2n) is 4.71. The van der Waals surface area contributed by atoms with Crippen LogP contribution in [0.1, 0.15) is 12.5 Å². The Balaban J connectivity index is 2.11. The molecule has 24 heavy (non-hydrogen) atoms. The summed E-state index contributed by atoms with van der Waals surface area (Å²) in [6.07, 6.45) is 0. The van der Waals surface area contributed by atoms with E-state index in [2.05, 4.69) is 16.6 Å². The molecule has 0 fully saturated rings. The SMILES string of the molecule is CCOc1ccccc1S(=O)(=O)NCC#Cc1ccccc1OC. The summed E-state index contributed by atoms with van der Waals surface area (Å²) in [5, 5.41) is 0. The van der Waals surface area contributed by atoms with Gasteiger partial charge in [0.25, 0.3) is 0 Å². The Kier molecular flexibility index (Phi) is 6.24. The van der Waals surface area contributed by atoms with Crippen molar-refractivity contribution in [2.75, 3.05) is 20.3 Å². The van der Waals surface area contributed by atoms with Gasteiger partial charge in [-0.2, -0.15) is 4.72 Å². The van der Waals surface area contributed by atoms with Crippen LogP contribution in [-0.2, 0) is 10.0 Å². The molecule has 0 spiro atoms. The molecule has 0 amide bonds. The lowest BCUT2D eigenvalue weighted by atomic mass is 10.2. The van der Waals surface area contributed by atoms with Crippen LogP contribution in [0.15, 0.2) is 53.4 Å². The Morgan fingerprint density at radius 1 is 1.04 bits per heavy atom. The molecule has 0 aliphatic rings. The number of methoxy groups -OCH3 is 1. The molecule has 0 aromatic heterocycles. The van der Waals surface area contributed by atoms with E-state index >= 15 is 0 Å². The van der Waals surface area contributed by atoms with Crippen molar-refractivity contribution in [2.45, 2.75) is 11.8 Å². The van der Waals surface area contributed by atoms with Gasteiger partial charge in [0.1, 0.15) is 16.4 Å². The molecular formula is C18H19NO4S. The minimum atomic E-state index is -3.69. The minimum absolute atomic E-state index is 0.0131. The van der Waals surface area contributed by atoms with Gasteiger partial charge < -0.3 is 9.47 Å². The second kappa shape index (κ2) is 8.39. The summed E-state index contributed by atoms with van der Waals surface area (Å²) in [5.74, 6) is 6.66. The number of rotatable bonds is 6. The molecule has 0 saturated heterocycles. The number of nitrogens with one attached hydrogen (secondary N) is 1. The summed E-state index contributed by atoms with van der Waals surface area (Å²) in [4.78, 5) is 0.103. The lowest BCUT2D eigenvalue weighted by molar-refractivity contribution is 0.331. The van der Waals surface area contributed by atoms with Crippen LogP contribution in [-0.4, -0.2) is 28.7 Å². The fourth-order valence-electron chi connectivity index (χ4n) is 2.04. The zero-order valence-electron chi connectivity index (χ0n) is 13.6.